The molecule has 2 heterocycles. The molecule has 1 aromatic heterocycles. The Morgan fingerprint density at radius 1 is 1.37 bits per heavy atom. The summed E-state index contributed by atoms with van der Waals surface area (Å²) in [6.45, 7) is 6.04. The number of aliphatic hydroxyl groups is 2. The zero-order valence-corrected chi connectivity index (χ0v) is 18.9. The van der Waals surface area contributed by atoms with Crippen LogP contribution in [0, 0.1) is 6.92 Å². The summed E-state index contributed by atoms with van der Waals surface area (Å²) in [5, 5.41) is 21.7. The summed E-state index contributed by atoms with van der Waals surface area (Å²) in [7, 11) is 0. The van der Waals surface area contributed by atoms with Crippen LogP contribution in [0.5, 0.6) is 0 Å². The number of ether oxygens (including phenoxy) is 2. The van der Waals surface area contributed by atoms with Gasteiger partial charge in [-0.1, -0.05) is 0 Å². The third-order valence-corrected chi connectivity index (χ3v) is 5.68. The fourth-order valence-corrected chi connectivity index (χ4v) is 3.94. The molecule has 0 bridgehead atoms. The topological polar surface area (TPSA) is 114 Å². The first-order valence-electron chi connectivity index (χ1n) is 9.35. The first-order valence-corrected chi connectivity index (χ1v) is 10.8. The maximum absolute atomic E-state index is 12.4. The molecule has 0 aromatic carbocycles. The van der Waals surface area contributed by atoms with Gasteiger partial charge in [0.2, 0.25) is 0 Å². The van der Waals surface area contributed by atoms with Gasteiger partial charge in [0.25, 0.3) is 0 Å². The van der Waals surface area contributed by atoms with Gasteiger partial charge in [0, 0.05) is 0 Å². The molecule has 1 aliphatic heterocycles. The first-order chi connectivity index (χ1) is 12.8. The van der Waals surface area contributed by atoms with E-state index in [1.54, 1.807) is 6.92 Å². The number of hydrogen-bond acceptors (Lipinski definition) is 6. The number of nitrogens with one attached hydrogen (secondary N) is 1. The fraction of sp³-hybridized carbons (Fsp3) is 0.722. The summed E-state index contributed by atoms with van der Waals surface area (Å²) in [5.41, 5.74) is -2.32. The van der Waals surface area contributed by atoms with E-state index in [1.807, 2.05) is 13.8 Å². The van der Waals surface area contributed by atoms with Crippen molar-refractivity contribution in [1.29, 1.82) is 0 Å². The van der Waals surface area contributed by atoms with Gasteiger partial charge in [-0.15, -0.1) is 0 Å². The Labute approximate surface area is 171 Å². The molecule has 0 unspecified atom stereocenters. The second-order valence-corrected chi connectivity index (χ2v) is 8.47. The van der Waals surface area contributed by atoms with E-state index in [9.17, 15) is 19.8 Å². The Morgan fingerprint density at radius 3 is 2.63 bits per heavy atom. The van der Waals surface area contributed by atoms with Gasteiger partial charge >= 0.3 is 171 Å². The minimum absolute atomic E-state index is 0.0651. The quantitative estimate of drug-likeness (QED) is 0.346. The normalized spacial score (nSPS) is 27.8. The van der Waals surface area contributed by atoms with Crippen molar-refractivity contribution < 1.29 is 19.7 Å². The molecular weight excluding hydrogens is 459 g/mol. The number of aryl methyl sites for hydroxylation is 1. The molecule has 4 atom stereocenters. The van der Waals surface area contributed by atoms with Gasteiger partial charge in [-0.05, 0) is 0 Å². The number of rotatable bonds is 9. The number of H-pyrrole nitrogens is 1. The summed E-state index contributed by atoms with van der Waals surface area (Å²) in [6.07, 6.45) is 2.33. The van der Waals surface area contributed by atoms with Crippen molar-refractivity contribution in [3.63, 3.8) is 0 Å². The summed E-state index contributed by atoms with van der Waals surface area (Å²) < 4.78 is 13.1. The van der Waals surface area contributed by atoms with Gasteiger partial charge in [0.15, 0.2) is 0 Å². The number of aliphatic hydroxyl groups excluding tert-OH is 1. The number of nitrogens with zero attached hydrogens (tertiary/aromatic N) is 1. The van der Waals surface area contributed by atoms with E-state index in [0.717, 1.165) is 41.3 Å². The van der Waals surface area contributed by atoms with Gasteiger partial charge in [-0.2, -0.15) is 0 Å². The molecular formula is C18H28N2O6Sn. The first kappa shape index (κ1) is 22.3. The molecule has 2 rings (SSSR count). The van der Waals surface area contributed by atoms with Crippen LogP contribution in [-0.4, -0.2) is 69.9 Å². The van der Waals surface area contributed by atoms with Crippen LogP contribution in [0.2, 0.25) is 0 Å². The second kappa shape index (κ2) is 9.49. The van der Waals surface area contributed by atoms with Gasteiger partial charge < -0.3 is 0 Å². The molecule has 1 aromatic rings. The maximum atomic E-state index is 12.4. The Kier molecular flexibility index (Phi) is 7.84. The van der Waals surface area contributed by atoms with Gasteiger partial charge in [-0.3, -0.25) is 0 Å². The third kappa shape index (κ3) is 4.72. The van der Waals surface area contributed by atoms with Gasteiger partial charge in [-0.25, -0.2) is 0 Å². The summed E-state index contributed by atoms with van der Waals surface area (Å²) in [6, 6.07) is 0. The van der Waals surface area contributed by atoms with Crippen LogP contribution in [0.4, 0.5) is 0 Å². The van der Waals surface area contributed by atoms with Crippen molar-refractivity contribution in [2.45, 2.75) is 76.9 Å². The van der Waals surface area contributed by atoms with Gasteiger partial charge in [0.1, 0.15) is 0 Å². The summed E-state index contributed by atoms with van der Waals surface area (Å²) in [4.78, 5) is 26.4. The average molecular weight is 487 g/mol. The standard InChI is InChI=1S/C18H28N2O6.Sn/c1-4-6-8-18(24)14(25-9-7-5-2)13(11-21)26-16(18)20-10-12(3)15(22)19-17(20)23;/h10,13-14,16,21,24H,4-9H2,1-3H3,(H,19,22,23);/t13-,14-,16-,18-;/m1./s1. The fourth-order valence-electron chi connectivity index (χ4n) is 3.32. The van der Waals surface area contributed by atoms with E-state index >= 15 is 0 Å². The van der Waals surface area contributed by atoms with Crippen LogP contribution in [0.15, 0.2) is 15.8 Å². The van der Waals surface area contributed by atoms with Crippen molar-refractivity contribution in [2.75, 3.05) is 6.61 Å². The number of aromatic amines is 1. The van der Waals surface area contributed by atoms with E-state index < -0.39 is 35.3 Å². The third-order valence-electron chi connectivity index (χ3n) is 4.86. The molecule has 3 N–H and O–H groups in total. The van der Waals surface area contributed by atoms with Crippen LogP contribution < -0.4 is 11.2 Å². The Balaban J connectivity index is 2.51. The van der Waals surface area contributed by atoms with Crippen molar-refractivity contribution >= 4 is 25.8 Å². The number of hydrogen-bond donors (Lipinski definition) is 3. The Hall–Kier alpha value is -0.971. The number of aromatic nitrogens is 2. The summed E-state index contributed by atoms with van der Waals surface area (Å²) in [5.74, 6) is 0. The molecule has 150 valence electrons. The van der Waals surface area contributed by atoms with Crippen molar-refractivity contribution in [2.24, 2.45) is 0 Å². The minimum atomic E-state index is -1.51. The molecule has 9 heteroatoms. The molecule has 0 saturated carbocycles. The van der Waals surface area contributed by atoms with E-state index in [-0.39, 0.29) is 3.70 Å². The zero-order valence-electron chi connectivity index (χ0n) is 16.0. The molecule has 2 radical (unpaired) electrons. The van der Waals surface area contributed by atoms with E-state index in [1.165, 1.54) is 10.8 Å². The predicted molar refractivity (Wildman–Crippen MR) is 102 cm³/mol. The predicted octanol–water partition coefficient (Wildman–Crippen LogP) is 0.520. The van der Waals surface area contributed by atoms with E-state index in [2.05, 4.69) is 4.98 Å². The molecule has 1 aliphatic rings. The van der Waals surface area contributed by atoms with E-state index in [0.29, 0.717) is 25.0 Å². The SMILES string of the molecule is CCCCO[C@@H]1[C@@H]([C](O)=[Sn])O[C@@H](n2cc(C)c(=O)[nH]c2=O)[C@@]1(O)CCCC. The zero-order chi connectivity index (χ0) is 20.2. The molecule has 27 heavy (non-hydrogen) atoms. The van der Waals surface area contributed by atoms with Crippen molar-refractivity contribution in [3.05, 3.63) is 32.6 Å². The monoisotopic (exact) mass is 488 g/mol. The molecule has 0 spiro atoms. The Morgan fingerprint density at radius 2 is 2.04 bits per heavy atom. The number of unbranched alkanes of at least 4 members (excludes halogenated alkanes) is 2. The van der Waals surface area contributed by atoms with Crippen LogP contribution >= 0.6 is 0 Å². The molecule has 1 fully saturated rings. The second-order valence-electron chi connectivity index (χ2n) is 7.01. The van der Waals surface area contributed by atoms with Gasteiger partial charge in [0.05, 0.1) is 0 Å². The Bertz CT molecular complexity index is 776. The van der Waals surface area contributed by atoms with Crippen LogP contribution in [0.3, 0.4) is 0 Å². The van der Waals surface area contributed by atoms with Crippen LogP contribution in [-0.2, 0) is 9.47 Å². The molecule has 8 nitrogen and oxygen atoms in total. The van der Waals surface area contributed by atoms with E-state index in [4.69, 9.17) is 9.47 Å². The van der Waals surface area contributed by atoms with Crippen molar-refractivity contribution in [3.8, 4) is 0 Å². The summed E-state index contributed by atoms with van der Waals surface area (Å²) >= 11 is 0.753. The van der Waals surface area contributed by atoms with Crippen molar-refractivity contribution in [1.82, 2.24) is 9.55 Å². The van der Waals surface area contributed by atoms with Crippen LogP contribution in [0.1, 0.15) is 57.7 Å². The molecule has 0 aliphatic carbocycles. The molecule has 1 saturated heterocycles. The average Bonchev–Trinajstić information content (AvgIpc) is 2.90. The molecule has 0 amide bonds. The van der Waals surface area contributed by atoms with Crippen LogP contribution in [0.25, 0.3) is 0 Å².